The Morgan fingerprint density at radius 3 is 2.79 bits per heavy atom. The Morgan fingerprint density at radius 1 is 1.43 bits per heavy atom. The monoisotopic (exact) mass is 217 g/mol. The summed E-state index contributed by atoms with van der Waals surface area (Å²) in [6, 6.07) is 3.25. The van der Waals surface area contributed by atoms with Crippen molar-refractivity contribution in [3.8, 4) is 0 Å². The van der Waals surface area contributed by atoms with Crippen LogP contribution in [-0.2, 0) is 10.1 Å². The quantitative estimate of drug-likeness (QED) is 0.726. The van der Waals surface area contributed by atoms with Crippen LogP contribution in [-0.4, -0.2) is 18.1 Å². The smallest absolute Gasteiger partial charge is 0.316 e. The second-order valence-corrected chi connectivity index (χ2v) is 3.94. The molecule has 1 aromatic heterocycles. The number of nitrogens with zero attached hydrogens (tertiary/aromatic N) is 1. The van der Waals surface area contributed by atoms with Crippen LogP contribution in [0.2, 0.25) is 0 Å². The van der Waals surface area contributed by atoms with Crippen molar-refractivity contribution in [2.45, 2.75) is 5.03 Å². The fourth-order valence-corrected chi connectivity index (χ4v) is 1.64. The highest BCUT2D eigenvalue weighted by atomic mass is 32.2. The molecule has 1 N–H and O–H groups in total. The molecule has 2 rings (SSSR count). The lowest BCUT2D eigenvalue weighted by Gasteiger charge is -1.90. The molecule has 74 valence electrons. The average molecular weight is 217 g/mol. The highest BCUT2D eigenvalue weighted by Gasteiger charge is 2.20. The van der Waals surface area contributed by atoms with E-state index >= 15 is 0 Å². The third kappa shape index (κ3) is 1.36. The van der Waals surface area contributed by atoms with Crippen molar-refractivity contribution < 1.29 is 21.9 Å². The molecule has 0 radical (unpaired) electrons. The van der Waals surface area contributed by atoms with Crippen LogP contribution in [0.4, 0.5) is 4.39 Å². The third-order valence-electron chi connectivity index (χ3n) is 1.64. The minimum Gasteiger partial charge on any atom is -0.355 e. The van der Waals surface area contributed by atoms with Crippen molar-refractivity contribution in [2.75, 3.05) is 0 Å². The number of hydrogen-bond acceptors (Lipinski definition) is 4. The maximum Gasteiger partial charge on any atom is 0.316 e. The number of fused-ring (bicyclic) bond motifs is 1. The fourth-order valence-electron chi connectivity index (χ4n) is 1.07. The van der Waals surface area contributed by atoms with Crippen LogP contribution >= 0.6 is 0 Å². The summed E-state index contributed by atoms with van der Waals surface area (Å²) in [5, 5.41) is 2.38. The Balaban J connectivity index is 2.87. The van der Waals surface area contributed by atoms with Gasteiger partial charge in [-0.05, 0) is 18.2 Å². The van der Waals surface area contributed by atoms with E-state index < -0.39 is 21.0 Å². The van der Waals surface area contributed by atoms with Gasteiger partial charge in [0.2, 0.25) is 5.03 Å². The van der Waals surface area contributed by atoms with Gasteiger partial charge in [-0.3, -0.25) is 4.55 Å². The largest absolute Gasteiger partial charge is 0.355 e. The number of benzene rings is 1. The van der Waals surface area contributed by atoms with Crippen LogP contribution in [0, 0.1) is 5.82 Å². The zero-order chi connectivity index (χ0) is 10.3. The lowest BCUT2D eigenvalue weighted by Crippen LogP contribution is -1.98. The van der Waals surface area contributed by atoms with Crippen molar-refractivity contribution in [3.63, 3.8) is 0 Å². The number of halogens is 1. The first kappa shape index (κ1) is 9.10. The minimum atomic E-state index is -4.47. The van der Waals surface area contributed by atoms with Gasteiger partial charge in [0.1, 0.15) is 5.82 Å². The molecule has 0 aliphatic rings. The predicted molar refractivity (Wildman–Crippen MR) is 43.8 cm³/mol. The fraction of sp³-hybridized carbons (Fsp3) is 0. The summed E-state index contributed by atoms with van der Waals surface area (Å²) in [5.41, 5.74) is 0.0963. The molecule has 1 heterocycles. The van der Waals surface area contributed by atoms with Gasteiger partial charge in [0.25, 0.3) is 0 Å². The first-order valence-electron chi connectivity index (χ1n) is 3.51. The molecule has 14 heavy (non-hydrogen) atoms. The summed E-state index contributed by atoms with van der Waals surface area (Å²) in [5.74, 6) is -0.634. The van der Waals surface area contributed by atoms with Crippen molar-refractivity contribution >= 4 is 21.1 Å². The lowest BCUT2D eigenvalue weighted by molar-refractivity contribution is 0.418. The van der Waals surface area contributed by atoms with Crippen LogP contribution in [0.5, 0.6) is 0 Å². The maximum absolute atomic E-state index is 12.7. The van der Waals surface area contributed by atoms with Gasteiger partial charge in [-0.2, -0.15) is 8.42 Å². The Morgan fingerprint density at radius 2 is 2.14 bits per heavy atom. The van der Waals surface area contributed by atoms with Gasteiger partial charge in [-0.25, -0.2) is 4.39 Å². The molecule has 0 amide bonds. The normalized spacial score (nSPS) is 12.1. The standard InChI is InChI=1S/C7H4FNO4S/c8-4-1-2-6-5(3-4)7(9-13-6)14(10,11)12/h1-3H,(H,10,11,12). The van der Waals surface area contributed by atoms with E-state index in [0.29, 0.717) is 0 Å². The topological polar surface area (TPSA) is 80.4 Å². The summed E-state index contributed by atoms with van der Waals surface area (Å²) in [4.78, 5) is 0. The van der Waals surface area contributed by atoms with Crippen molar-refractivity contribution in [3.05, 3.63) is 24.0 Å². The van der Waals surface area contributed by atoms with Crippen LogP contribution in [0.25, 0.3) is 11.0 Å². The first-order valence-corrected chi connectivity index (χ1v) is 4.95. The van der Waals surface area contributed by atoms with E-state index in [-0.39, 0.29) is 11.0 Å². The Labute approximate surface area is 77.9 Å². The molecule has 0 spiro atoms. The van der Waals surface area contributed by atoms with Crippen LogP contribution in [0.15, 0.2) is 27.7 Å². The van der Waals surface area contributed by atoms with Crippen molar-refractivity contribution in [2.24, 2.45) is 0 Å². The first-order chi connectivity index (χ1) is 6.48. The van der Waals surface area contributed by atoms with Crippen LogP contribution in [0.3, 0.4) is 0 Å². The minimum absolute atomic E-state index is 0.0764. The Hall–Kier alpha value is -1.47. The van der Waals surface area contributed by atoms with Gasteiger partial charge in [-0.15, -0.1) is 0 Å². The van der Waals surface area contributed by atoms with Crippen LogP contribution < -0.4 is 0 Å². The van der Waals surface area contributed by atoms with Crippen molar-refractivity contribution in [1.29, 1.82) is 0 Å². The summed E-state index contributed by atoms with van der Waals surface area (Å²) in [6.07, 6.45) is 0. The zero-order valence-corrected chi connectivity index (χ0v) is 7.45. The molecule has 0 saturated carbocycles. The summed E-state index contributed by atoms with van der Waals surface area (Å²) < 4.78 is 47.5. The summed E-state index contributed by atoms with van der Waals surface area (Å²) in [7, 11) is -4.47. The zero-order valence-electron chi connectivity index (χ0n) is 6.64. The van der Waals surface area contributed by atoms with Gasteiger partial charge in [-0.1, -0.05) is 5.16 Å². The van der Waals surface area contributed by atoms with Gasteiger partial charge in [0, 0.05) is 0 Å². The van der Waals surface area contributed by atoms with Gasteiger partial charge in [0.05, 0.1) is 5.39 Å². The molecular weight excluding hydrogens is 213 g/mol. The maximum atomic E-state index is 12.7. The van der Waals surface area contributed by atoms with E-state index in [4.69, 9.17) is 4.55 Å². The molecule has 7 heteroatoms. The highest BCUT2D eigenvalue weighted by Crippen LogP contribution is 2.22. The SMILES string of the molecule is O=S(=O)(O)c1noc2ccc(F)cc12. The summed E-state index contributed by atoms with van der Waals surface area (Å²) in [6.45, 7) is 0. The highest BCUT2D eigenvalue weighted by molar-refractivity contribution is 7.86. The molecule has 1 aromatic carbocycles. The Bertz CT molecular complexity index is 589. The predicted octanol–water partition coefficient (Wildman–Crippen LogP) is 1.21. The molecular formula is C7H4FNO4S. The molecule has 0 aliphatic heterocycles. The number of hydrogen-bond donors (Lipinski definition) is 1. The van der Waals surface area contributed by atoms with E-state index in [2.05, 4.69) is 9.68 Å². The number of rotatable bonds is 1. The molecule has 0 atom stereocenters. The second-order valence-electron chi connectivity index (χ2n) is 2.60. The molecule has 5 nitrogen and oxygen atoms in total. The van der Waals surface area contributed by atoms with Crippen molar-refractivity contribution in [1.82, 2.24) is 5.16 Å². The van der Waals surface area contributed by atoms with E-state index in [9.17, 15) is 12.8 Å². The summed E-state index contributed by atoms with van der Waals surface area (Å²) >= 11 is 0. The molecule has 0 fully saturated rings. The molecule has 0 aliphatic carbocycles. The molecule has 0 saturated heterocycles. The second kappa shape index (κ2) is 2.76. The van der Waals surface area contributed by atoms with E-state index in [0.717, 1.165) is 12.1 Å². The van der Waals surface area contributed by atoms with E-state index in [1.165, 1.54) is 6.07 Å². The average Bonchev–Trinajstić information content (AvgIpc) is 2.45. The van der Waals surface area contributed by atoms with E-state index in [1.807, 2.05) is 0 Å². The van der Waals surface area contributed by atoms with Gasteiger partial charge < -0.3 is 4.52 Å². The van der Waals surface area contributed by atoms with Crippen LogP contribution in [0.1, 0.15) is 0 Å². The van der Waals surface area contributed by atoms with E-state index in [1.54, 1.807) is 0 Å². The molecule has 2 aromatic rings. The molecule has 0 unspecified atom stereocenters. The van der Waals surface area contributed by atoms with Gasteiger partial charge in [0.15, 0.2) is 5.58 Å². The third-order valence-corrected chi connectivity index (χ3v) is 2.43. The number of aromatic nitrogens is 1. The van der Waals surface area contributed by atoms with Gasteiger partial charge >= 0.3 is 10.1 Å². The molecule has 0 bridgehead atoms. The Kier molecular flexibility index (Phi) is 1.79. The lowest BCUT2D eigenvalue weighted by atomic mass is 10.3.